The Morgan fingerprint density at radius 3 is 2.29 bits per heavy atom. The fraction of sp³-hybridized carbons (Fsp3) is 0.462. The highest BCUT2D eigenvalue weighted by atomic mass is 16.5. The van der Waals surface area contributed by atoms with Crippen molar-refractivity contribution in [2.24, 2.45) is 0 Å². The van der Waals surface area contributed by atoms with Crippen molar-refractivity contribution in [2.75, 3.05) is 33.5 Å². The third-order valence-corrected chi connectivity index (χ3v) is 2.16. The van der Waals surface area contributed by atoms with Crippen LogP contribution in [-0.2, 0) is 20.8 Å². The zero-order valence-corrected chi connectivity index (χ0v) is 10.0. The minimum absolute atomic E-state index is 0.541. The molecule has 0 unspecified atom stereocenters. The molecule has 1 aromatic carbocycles. The second-order valence-electron chi connectivity index (χ2n) is 3.47. The van der Waals surface area contributed by atoms with E-state index in [-0.39, 0.29) is 0 Å². The summed E-state index contributed by atoms with van der Waals surface area (Å²) in [6.07, 6.45) is 0. The summed E-state index contributed by atoms with van der Waals surface area (Å²) in [7, 11) is 1.64. The molecular formula is C13H17NO3. The van der Waals surface area contributed by atoms with Crippen molar-refractivity contribution in [3.05, 3.63) is 35.4 Å². The summed E-state index contributed by atoms with van der Waals surface area (Å²) in [5.74, 6) is 0. The van der Waals surface area contributed by atoms with Crippen LogP contribution in [0.5, 0.6) is 0 Å². The SMILES string of the molecule is COCCOCCOCc1ccc(C#N)cc1. The molecule has 1 rings (SSSR count). The maximum absolute atomic E-state index is 8.64. The number of nitriles is 1. The van der Waals surface area contributed by atoms with Gasteiger partial charge in [-0.1, -0.05) is 12.1 Å². The fourth-order valence-corrected chi connectivity index (χ4v) is 1.23. The number of rotatable bonds is 8. The number of hydrogen-bond acceptors (Lipinski definition) is 4. The van der Waals surface area contributed by atoms with Crippen LogP contribution in [0.2, 0.25) is 0 Å². The molecule has 0 aliphatic rings. The first-order valence-electron chi connectivity index (χ1n) is 5.50. The highest BCUT2D eigenvalue weighted by Gasteiger charge is 1.94. The lowest BCUT2D eigenvalue weighted by atomic mass is 10.2. The third kappa shape index (κ3) is 6.03. The summed E-state index contributed by atoms with van der Waals surface area (Å²) >= 11 is 0. The van der Waals surface area contributed by atoms with E-state index < -0.39 is 0 Å². The fourth-order valence-electron chi connectivity index (χ4n) is 1.23. The molecule has 0 spiro atoms. The first-order valence-corrected chi connectivity index (χ1v) is 5.50. The van der Waals surface area contributed by atoms with Gasteiger partial charge in [0.25, 0.3) is 0 Å². The van der Waals surface area contributed by atoms with Crippen LogP contribution in [-0.4, -0.2) is 33.5 Å². The molecule has 0 saturated heterocycles. The van der Waals surface area contributed by atoms with Gasteiger partial charge in [0, 0.05) is 7.11 Å². The first kappa shape index (κ1) is 13.7. The molecule has 92 valence electrons. The van der Waals surface area contributed by atoms with Gasteiger partial charge in [-0.25, -0.2) is 0 Å². The Bertz CT molecular complexity index is 343. The van der Waals surface area contributed by atoms with Crippen molar-refractivity contribution in [3.63, 3.8) is 0 Å². The number of ether oxygens (including phenoxy) is 3. The van der Waals surface area contributed by atoms with E-state index in [0.29, 0.717) is 38.6 Å². The molecule has 0 aromatic heterocycles. The van der Waals surface area contributed by atoms with E-state index in [9.17, 15) is 0 Å². The van der Waals surface area contributed by atoms with Gasteiger partial charge in [0.2, 0.25) is 0 Å². The predicted octanol–water partition coefficient (Wildman–Crippen LogP) is 1.74. The number of hydrogen-bond donors (Lipinski definition) is 0. The Hall–Kier alpha value is -1.41. The zero-order chi connectivity index (χ0) is 12.3. The van der Waals surface area contributed by atoms with Crippen molar-refractivity contribution in [1.29, 1.82) is 5.26 Å². The highest BCUT2D eigenvalue weighted by molar-refractivity contribution is 5.31. The molecule has 0 aliphatic carbocycles. The molecule has 0 atom stereocenters. The summed E-state index contributed by atoms with van der Waals surface area (Å²) in [5, 5.41) is 8.64. The molecule has 1 aromatic rings. The van der Waals surface area contributed by atoms with Gasteiger partial charge >= 0.3 is 0 Å². The molecule has 4 nitrogen and oxygen atoms in total. The molecular weight excluding hydrogens is 218 g/mol. The van der Waals surface area contributed by atoms with Crippen molar-refractivity contribution in [1.82, 2.24) is 0 Å². The van der Waals surface area contributed by atoms with Crippen LogP contribution in [0.4, 0.5) is 0 Å². The smallest absolute Gasteiger partial charge is 0.0991 e. The lowest BCUT2D eigenvalue weighted by molar-refractivity contribution is 0.0199. The van der Waals surface area contributed by atoms with Crippen LogP contribution in [0.3, 0.4) is 0 Å². The van der Waals surface area contributed by atoms with Crippen LogP contribution in [0, 0.1) is 11.3 Å². The van der Waals surface area contributed by atoms with E-state index in [0.717, 1.165) is 5.56 Å². The monoisotopic (exact) mass is 235 g/mol. The topological polar surface area (TPSA) is 51.5 Å². The van der Waals surface area contributed by atoms with Gasteiger partial charge in [0.15, 0.2) is 0 Å². The van der Waals surface area contributed by atoms with Gasteiger partial charge in [0.1, 0.15) is 0 Å². The lowest BCUT2D eigenvalue weighted by Crippen LogP contribution is -2.08. The Morgan fingerprint density at radius 1 is 1.00 bits per heavy atom. The van der Waals surface area contributed by atoms with Gasteiger partial charge in [-0.3, -0.25) is 0 Å². The maximum atomic E-state index is 8.64. The number of nitrogens with zero attached hydrogens (tertiary/aromatic N) is 1. The van der Waals surface area contributed by atoms with Crippen LogP contribution in [0.25, 0.3) is 0 Å². The number of methoxy groups -OCH3 is 1. The molecule has 0 amide bonds. The van der Waals surface area contributed by atoms with Crippen LogP contribution < -0.4 is 0 Å². The van der Waals surface area contributed by atoms with Gasteiger partial charge in [-0.15, -0.1) is 0 Å². The zero-order valence-electron chi connectivity index (χ0n) is 10.0. The van der Waals surface area contributed by atoms with E-state index in [1.807, 2.05) is 12.1 Å². The van der Waals surface area contributed by atoms with Crippen molar-refractivity contribution in [3.8, 4) is 6.07 Å². The quantitative estimate of drug-likeness (QED) is 0.644. The summed E-state index contributed by atoms with van der Waals surface area (Å²) in [4.78, 5) is 0. The van der Waals surface area contributed by atoms with Gasteiger partial charge in [0.05, 0.1) is 44.7 Å². The Labute approximate surface area is 102 Å². The largest absolute Gasteiger partial charge is 0.382 e. The highest BCUT2D eigenvalue weighted by Crippen LogP contribution is 2.04. The molecule has 17 heavy (non-hydrogen) atoms. The molecule has 0 saturated carbocycles. The minimum atomic E-state index is 0.541. The summed E-state index contributed by atoms with van der Waals surface area (Å²) in [6, 6.07) is 9.43. The van der Waals surface area contributed by atoms with Gasteiger partial charge in [-0.05, 0) is 17.7 Å². The molecule has 0 aliphatic heterocycles. The molecule has 0 radical (unpaired) electrons. The van der Waals surface area contributed by atoms with E-state index in [1.165, 1.54) is 0 Å². The van der Waals surface area contributed by atoms with Gasteiger partial charge < -0.3 is 14.2 Å². The third-order valence-electron chi connectivity index (χ3n) is 2.16. The van der Waals surface area contributed by atoms with Crippen molar-refractivity contribution < 1.29 is 14.2 Å². The van der Waals surface area contributed by atoms with E-state index in [4.69, 9.17) is 19.5 Å². The predicted molar refractivity (Wildman–Crippen MR) is 63.5 cm³/mol. The second kappa shape index (κ2) is 8.71. The minimum Gasteiger partial charge on any atom is -0.382 e. The summed E-state index contributed by atoms with van der Waals surface area (Å²) in [5.41, 5.74) is 1.72. The van der Waals surface area contributed by atoms with Crippen LogP contribution >= 0.6 is 0 Å². The summed E-state index contributed by atoms with van der Waals surface area (Å²) < 4.78 is 15.5. The summed E-state index contributed by atoms with van der Waals surface area (Å²) in [6.45, 7) is 2.87. The Kier molecular flexibility index (Phi) is 6.99. The average Bonchev–Trinajstić information content (AvgIpc) is 2.38. The van der Waals surface area contributed by atoms with E-state index in [2.05, 4.69) is 6.07 Å². The second-order valence-corrected chi connectivity index (χ2v) is 3.47. The van der Waals surface area contributed by atoms with Crippen molar-refractivity contribution >= 4 is 0 Å². The van der Waals surface area contributed by atoms with Crippen molar-refractivity contribution in [2.45, 2.75) is 6.61 Å². The lowest BCUT2D eigenvalue weighted by Gasteiger charge is -2.05. The van der Waals surface area contributed by atoms with E-state index >= 15 is 0 Å². The first-order chi connectivity index (χ1) is 8.36. The molecule has 0 bridgehead atoms. The molecule has 0 fully saturated rings. The Morgan fingerprint density at radius 2 is 1.65 bits per heavy atom. The molecule has 0 heterocycles. The van der Waals surface area contributed by atoms with Crippen LogP contribution in [0.15, 0.2) is 24.3 Å². The van der Waals surface area contributed by atoms with E-state index in [1.54, 1.807) is 19.2 Å². The molecule has 0 N–H and O–H groups in total. The normalized spacial score (nSPS) is 10.1. The standard InChI is InChI=1S/C13H17NO3/c1-15-6-7-16-8-9-17-11-13-4-2-12(10-14)3-5-13/h2-5H,6-9,11H2,1H3. The molecule has 4 heteroatoms. The van der Waals surface area contributed by atoms with Gasteiger partial charge in [-0.2, -0.15) is 5.26 Å². The maximum Gasteiger partial charge on any atom is 0.0991 e. The van der Waals surface area contributed by atoms with Crippen LogP contribution in [0.1, 0.15) is 11.1 Å². The number of benzene rings is 1. The average molecular weight is 235 g/mol. The Balaban J connectivity index is 2.08.